The predicted octanol–water partition coefficient (Wildman–Crippen LogP) is 8.93. The minimum Gasteiger partial charge on any atom is -0.431 e. The van der Waals surface area contributed by atoms with Gasteiger partial charge in [0.1, 0.15) is 11.4 Å². The molecule has 0 bridgehead atoms. The molecule has 5 heteroatoms. The summed E-state index contributed by atoms with van der Waals surface area (Å²) in [5.74, 6) is 0.642. The normalized spacial score (nSPS) is 20.9. The molecular weight excluding hydrogens is 473 g/mol. The van der Waals surface area contributed by atoms with Crippen molar-refractivity contribution >= 4 is 40.7 Å². The first-order valence-corrected chi connectivity index (χ1v) is 14.1. The number of hydrogen-bond donors (Lipinski definition) is 0. The van der Waals surface area contributed by atoms with Crippen LogP contribution in [0.1, 0.15) is 35.7 Å². The standard InChI is InChI=1S/C30H25ClNO2P/c1-21(25-17-9-14-22-10-5-7-15-26(22)25)32-30(24-12-3-2-4-13-24)29-27-16-8-6-11-23(27)18-19-28(29)34-35(32,33)20-31/h2-19,21,30H,20H2,1H3. The molecule has 1 aliphatic rings. The molecule has 1 aliphatic heterocycles. The van der Waals surface area contributed by atoms with Crippen LogP contribution in [0.15, 0.2) is 109 Å². The topological polar surface area (TPSA) is 29.5 Å². The van der Waals surface area contributed by atoms with E-state index in [4.69, 9.17) is 16.1 Å². The largest absolute Gasteiger partial charge is 0.431 e. The maximum atomic E-state index is 14.5. The maximum Gasteiger partial charge on any atom is 0.335 e. The molecule has 174 valence electrons. The van der Waals surface area contributed by atoms with Gasteiger partial charge in [-0.15, -0.1) is 11.6 Å². The minimum atomic E-state index is -3.44. The van der Waals surface area contributed by atoms with Crippen molar-refractivity contribution in [1.82, 2.24) is 4.67 Å². The SMILES string of the molecule is CC(c1cccc2ccccc12)N1C(c2ccccc2)c2c(ccc3ccccc23)OP1(=O)CCl. The molecule has 1 heterocycles. The Morgan fingerprint density at radius 3 is 2.17 bits per heavy atom. The molecule has 0 aliphatic carbocycles. The van der Waals surface area contributed by atoms with Crippen LogP contribution in [0.2, 0.25) is 0 Å². The molecule has 0 fully saturated rings. The first-order chi connectivity index (χ1) is 17.1. The molecule has 3 atom stereocenters. The first kappa shape index (κ1) is 22.4. The fraction of sp³-hybridized carbons (Fsp3) is 0.133. The van der Waals surface area contributed by atoms with Crippen LogP contribution < -0.4 is 4.52 Å². The first-order valence-electron chi connectivity index (χ1n) is 11.8. The van der Waals surface area contributed by atoms with E-state index < -0.39 is 7.52 Å². The molecule has 0 N–H and O–H groups in total. The zero-order valence-electron chi connectivity index (χ0n) is 19.3. The van der Waals surface area contributed by atoms with Gasteiger partial charge in [-0.25, -0.2) is 4.67 Å². The maximum absolute atomic E-state index is 14.5. The monoisotopic (exact) mass is 497 g/mol. The Labute approximate surface area is 210 Å². The molecule has 6 rings (SSSR count). The van der Waals surface area contributed by atoms with Gasteiger partial charge in [-0.05, 0) is 45.7 Å². The summed E-state index contributed by atoms with van der Waals surface area (Å²) >= 11 is 6.47. The average molecular weight is 498 g/mol. The summed E-state index contributed by atoms with van der Waals surface area (Å²) in [7, 11) is -3.44. The van der Waals surface area contributed by atoms with E-state index >= 15 is 0 Å². The van der Waals surface area contributed by atoms with Gasteiger partial charge in [-0.3, -0.25) is 4.57 Å². The van der Waals surface area contributed by atoms with Gasteiger partial charge >= 0.3 is 7.52 Å². The minimum absolute atomic E-state index is 0.0995. The number of alkyl halides is 1. The lowest BCUT2D eigenvalue weighted by Gasteiger charge is -2.45. The molecule has 35 heavy (non-hydrogen) atoms. The molecule has 5 aromatic rings. The summed E-state index contributed by atoms with van der Waals surface area (Å²) in [6.07, 6.45) is 0. The Morgan fingerprint density at radius 1 is 0.800 bits per heavy atom. The van der Waals surface area contributed by atoms with Crippen molar-refractivity contribution in [2.24, 2.45) is 0 Å². The van der Waals surface area contributed by atoms with E-state index in [1.165, 1.54) is 0 Å². The van der Waals surface area contributed by atoms with E-state index in [0.717, 1.165) is 38.2 Å². The summed E-state index contributed by atoms with van der Waals surface area (Å²) in [6.45, 7) is 2.11. The summed E-state index contributed by atoms with van der Waals surface area (Å²) < 4.78 is 22.9. The van der Waals surface area contributed by atoms with Crippen molar-refractivity contribution < 1.29 is 9.09 Å². The Balaban J connectivity index is 1.65. The van der Waals surface area contributed by atoms with Crippen molar-refractivity contribution in [1.29, 1.82) is 0 Å². The number of rotatable bonds is 4. The third-order valence-electron chi connectivity index (χ3n) is 7.00. The zero-order chi connectivity index (χ0) is 24.0. The van der Waals surface area contributed by atoms with Crippen molar-refractivity contribution in [2.75, 3.05) is 5.62 Å². The average Bonchev–Trinajstić information content (AvgIpc) is 2.92. The fourth-order valence-electron chi connectivity index (χ4n) is 5.43. The highest BCUT2D eigenvalue weighted by Crippen LogP contribution is 2.66. The van der Waals surface area contributed by atoms with Gasteiger partial charge in [0, 0.05) is 11.6 Å². The van der Waals surface area contributed by atoms with Crippen LogP contribution >= 0.6 is 19.1 Å². The second-order valence-electron chi connectivity index (χ2n) is 8.98. The molecule has 0 saturated carbocycles. The van der Waals surface area contributed by atoms with Gasteiger partial charge < -0.3 is 4.52 Å². The predicted molar refractivity (Wildman–Crippen MR) is 145 cm³/mol. The Hall–Kier alpha value is -3.10. The van der Waals surface area contributed by atoms with Crippen molar-refractivity contribution in [3.05, 3.63) is 126 Å². The number of fused-ring (bicyclic) bond motifs is 4. The van der Waals surface area contributed by atoms with Gasteiger partial charge in [0.25, 0.3) is 0 Å². The Kier molecular flexibility index (Phi) is 5.65. The molecule has 3 nitrogen and oxygen atoms in total. The lowest BCUT2D eigenvalue weighted by Crippen LogP contribution is -2.35. The highest BCUT2D eigenvalue weighted by Gasteiger charge is 2.48. The van der Waals surface area contributed by atoms with Gasteiger partial charge in [-0.2, -0.15) is 0 Å². The second-order valence-corrected chi connectivity index (χ2v) is 11.9. The van der Waals surface area contributed by atoms with Crippen LogP contribution in [-0.4, -0.2) is 10.3 Å². The van der Waals surface area contributed by atoms with Crippen LogP contribution in [0.5, 0.6) is 5.75 Å². The number of benzene rings is 5. The highest BCUT2D eigenvalue weighted by atomic mass is 35.5. The van der Waals surface area contributed by atoms with E-state index in [1.54, 1.807) is 0 Å². The van der Waals surface area contributed by atoms with Gasteiger partial charge in [0.2, 0.25) is 0 Å². The third kappa shape index (κ3) is 3.67. The van der Waals surface area contributed by atoms with Gasteiger partial charge in [0.15, 0.2) is 0 Å². The fourth-order valence-corrected chi connectivity index (χ4v) is 7.93. The van der Waals surface area contributed by atoms with Crippen LogP contribution in [-0.2, 0) is 4.57 Å². The summed E-state index contributed by atoms with van der Waals surface area (Å²) in [4.78, 5) is 0. The van der Waals surface area contributed by atoms with Gasteiger partial charge in [0.05, 0.1) is 6.04 Å². The Morgan fingerprint density at radius 2 is 1.43 bits per heavy atom. The smallest absolute Gasteiger partial charge is 0.335 e. The van der Waals surface area contributed by atoms with E-state index in [1.807, 2.05) is 59.3 Å². The second kappa shape index (κ2) is 8.84. The molecule has 0 aromatic heterocycles. The van der Waals surface area contributed by atoms with E-state index in [0.29, 0.717) is 5.75 Å². The number of halogens is 1. The van der Waals surface area contributed by atoms with Crippen LogP contribution in [0, 0.1) is 0 Å². The lowest BCUT2D eigenvalue weighted by molar-refractivity contribution is 0.244. The van der Waals surface area contributed by atoms with Crippen molar-refractivity contribution in [2.45, 2.75) is 19.0 Å². The van der Waals surface area contributed by atoms with Crippen molar-refractivity contribution in [3.63, 3.8) is 0 Å². The summed E-state index contributed by atoms with van der Waals surface area (Å²) in [6, 6.07) is 36.6. The highest BCUT2D eigenvalue weighted by molar-refractivity contribution is 7.58. The summed E-state index contributed by atoms with van der Waals surface area (Å²) in [5, 5.41) is 4.50. The van der Waals surface area contributed by atoms with Crippen LogP contribution in [0.4, 0.5) is 0 Å². The zero-order valence-corrected chi connectivity index (χ0v) is 21.0. The molecule has 0 radical (unpaired) electrons. The molecule has 3 unspecified atom stereocenters. The quantitative estimate of drug-likeness (QED) is 0.183. The lowest BCUT2D eigenvalue weighted by atomic mass is 9.91. The number of nitrogens with zero attached hydrogens (tertiary/aromatic N) is 1. The van der Waals surface area contributed by atoms with Crippen molar-refractivity contribution in [3.8, 4) is 5.75 Å². The van der Waals surface area contributed by atoms with E-state index in [9.17, 15) is 4.57 Å². The molecular formula is C30H25ClNO2P. The molecule has 0 spiro atoms. The Bertz CT molecular complexity index is 1580. The molecule has 5 aromatic carbocycles. The van der Waals surface area contributed by atoms with Gasteiger partial charge in [-0.1, -0.05) is 103 Å². The summed E-state index contributed by atoms with van der Waals surface area (Å²) in [5.41, 5.74) is 3.09. The van der Waals surface area contributed by atoms with E-state index in [-0.39, 0.29) is 17.7 Å². The molecule has 0 amide bonds. The van der Waals surface area contributed by atoms with Crippen LogP contribution in [0.3, 0.4) is 0 Å². The van der Waals surface area contributed by atoms with Crippen LogP contribution in [0.25, 0.3) is 21.5 Å². The molecule has 0 saturated heterocycles. The third-order valence-corrected chi connectivity index (χ3v) is 9.97. The van der Waals surface area contributed by atoms with E-state index in [2.05, 4.69) is 61.5 Å². The number of hydrogen-bond acceptors (Lipinski definition) is 2.